The predicted molar refractivity (Wildman–Crippen MR) is 191 cm³/mol. The molecule has 3 N–H and O–H groups in total. The number of rotatable bonds is 13. The Labute approximate surface area is 298 Å². The molecule has 0 amide bonds. The molecule has 52 heavy (non-hydrogen) atoms. The zero-order valence-electron chi connectivity index (χ0n) is 28.5. The minimum absolute atomic E-state index is 0.0592. The van der Waals surface area contributed by atoms with Crippen LogP contribution in [-0.2, 0) is 24.6 Å². The van der Waals surface area contributed by atoms with Gasteiger partial charge >= 0.3 is 5.97 Å². The van der Waals surface area contributed by atoms with Crippen LogP contribution in [0.15, 0.2) is 120 Å². The van der Waals surface area contributed by atoms with E-state index in [4.69, 9.17) is 34.2 Å². The number of fused-ring (bicyclic) bond motifs is 1. The van der Waals surface area contributed by atoms with Crippen molar-refractivity contribution in [3.63, 3.8) is 0 Å². The third kappa shape index (κ3) is 6.91. The number of para-hydroxylation sites is 1. The maximum absolute atomic E-state index is 13.0. The van der Waals surface area contributed by atoms with E-state index in [0.29, 0.717) is 17.2 Å². The Morgan fingerprint density at radius 3 is 2.08 bits per heavy atom. The number of aromatic nitrogens is 4. The van der Waals surface area contributed by atoms with E-state index in [-0.39, 0.29) is 36.7 Å². The summed E-state index contributed by atoms with van der Waals surface area (Å²) in [6.45, 7) is -0.452. The molecule has 1 fully saturated rings. The number of hydrogen-bond donors (Lipinski definition) is 2. The smallest absolute Gasteiger partial charge is 0.344 e. The zero-order chi connectivity index (χ0) is 36.1. The maximum Gasteiger partial charge on any atom is 0.344 e. The Bertz CT molecular complexity index is 2130. The second-order valence-electron chi connectivity index (χ2n) is 12.1. The van der Waals surface area contributed by atoms with Crippen LogP contribution in [0, 0.1) is 0 Å². The van der Waals surface area contributed by atoms with Crippen molar-refractivity contribution >= 4 is 23.1 Å². The van der Waals surface area contributed by atoms with Crippen molar-refractivity contribution in [3.05, 3.63) is 143 Å². The van der Waals surface area contributed by atoms with Crippen molar-refractivity contribution in [2.75, 3.05) is 33.2 Å². The lowest BCUT2D eigenvalue weighted by Crippen LogP contribution is -2.41. The molecular formula is C39H37N5O8. The largest absolute Gasteiger partial charge is 0.497 e. The maximum atomic E-state index is 13.0. The van der Waals surface area contributed by atoms with Gasteiger partial charge in [-0.15, -0.1) is 0 Å². The first-order valence-corrected chi connectivity index (χ1v) is 16.6. The van der Waals surface area contributed by atoms with Crippen molar-refractivity contribution in [3.8, 4) is 17.2 Å². The monoisotopic (exact) mass is 703 g/mol. The summed E-state index contributed by atoms with van der Waals surface area (Å²) < 4.78 is 38.0. The van der Waals surface area contributed by atoms with Crippen molar-refractivity contribution in [2.24, 2.45) is 0 Å². The summed E-state index contributed by atoms with van der Waals surface area (Å²) in [6.07, 6.45) is -0.430. The number of methoxy groups -OCH3 is 2. The van der Waals surface area contributed by atoms with E-state index in [9.17, 15) is 9.59 Å². The molecular weight excluding hydrogens is 666 g/mol. The van der Waals surface area contributed by atoms with Crippen LogP contribution in [0.2, 0.25) is 0 Å². The summed E-state index contributed by atoms with van der Waals surface area (Å²) in [5.74, 6) is 1.26. The standard InChI is InChI=1S/C39H37N5O8/c1-47-28-17-13-26(14-18-28)39(25-9-5-3-6-10-25,27-15-19-29(48-2)20-16-27)52-31-21-33(44-24-41-35-36(44)42-38(40)43-37(35)46)51-32(31)22-50-34(45)23-49-30-11-7-4-8-12-30/h3-20,24,31-33H,21-23H2,1-2H3,(H3,40,42,43,46)/t31-,32+,33+/m0/s1. The molecule has 3 atom stereocenters. The highest BCUT2D eigenvalue weighted by molar-refractivity contribution is 5.71. The van der Waals surface area contributed by atoms with Crippen molar-refractivity contribution in [1.82, 2.24) is 19.5 Å². The van der Waals surface area contributed by atoms with Crippen LogP contribution in [0.25, 0.3) is 11.2 Å². The summed E-state index contributed by atoms with van der Waals surface area (Å²) in [5, 5.41) is 0. The van der Waals surface area contributed by atoms with Gasteiger partial charge in [0, 0.05) is 6.42 Å². The predicted octanol–water partition coefficient (Wildman–Crippen LogP) is 5.01. The fraction of sp³-hybridized carbons (Fsp3) is 0.231. The molecule has 2 aromatic heterocycles. The van der Waals surface area contributed by atoms with Crippen LogP contribution in [0.4, 0.5) is 5.95 Å². The highest BCUT2D eigenvalue weighted by Gasteiger charge is 2.47. The van der Waals surface area contributed by atoms with Crippen LogP contribution in [0.1, 0.15) is 29.3 Å². The summed E-state index contributed by atoms with van der Waals surface area (Å²) in [4.78, 5) is 36.7. The average Bonchev–Trinajstić information content (AvgIpc) is 3.80. The van der Waals surface area contributed by atoms with Gasteiger partial charge in [-0.1, -0.05) is 72.8 Å². The van der Waals surface area contributed by atoms with Gasteiger partial charge in [-0.3, -0.25) is 14.3 Å². The zero-order valence-corrected chi connectivity index (χ0v) is 28.5. The topological polar surface area (TPSA) is 162 Å². The fourth-order valence-corrected chi connectivity index (χ4v) is 6.43. The number of hydrogen-bond acceptors (Lipinski definition) is 11. The number of esters is 1. The summed E-state index contributed by atoms with van der Waals surface area (Å²) in [5.41, 5.74) is 7.07. The molecule has 0 bridgehead atoms. The lowest BCUT2D eigenvalue weighted by Gasteiger charge is -2.39. The molecule has 0 spiro atoms. The lowest BCUT2D eigenvalue weighted by atomic mass is 9.79. The molecule has 13 heteroatoms. The van der Waals surface area contributed by atoms with E-state index in [1.807, 2.05) is 97.1 Å². The van der Waals surface area contributed by atoms with E-state index in [1.54, 1.807) is 30.9 Å². The molecule has 0 aliphatic carbocycles. The fourth-order valence-electron chi connectivity index (χ4n) is 6.43. The van der Waals surface area contributed by atoms with Gasteiger partial charge in [0.1, 0.15) is 41.8 Å². The Kier molecular flexibility index (Phi) is 9.87. The first-order chi connectivity index (χ1) is 25.4. The number of H-pyrrole nitrogens is 1. The van der Waals surface area contributed by atoms with Crippen LogP contribution in [0.3, 0.4) is 0 Å². The molecule has 7 rings (SSSR count). The first kappa shape index (κ1) is 34.3. The number of nitrogens with two attached hydrogens (primary N) is 1. The molecule has 1 aliphatic rings. The van der Waals surface area contributed by atoms with Gasteiger partial charge in [0.15, 0.2) is 17.8 Å². The molecule has 4 aromatic carbocycles. The number of aromatic amines is 1. The van der Waals surface area contributed by atoms with Gasteiger partial charge in [0.2, 0.25) is 5.95 Å². The van der Waals surface area contributed by atoms with Crippen LogP contribution in [0.5, 0.6) is 17.2 Å². The molecule has 0 radical (unpaired) electrons. The van der Waals surface area contributed by atoms with Gasteiger partial charge in [-0.05, 0) is 53.1 Å². The van der Waals surface area contributed by atoms with Gasteiger partial charge in [0.05, 0.1) is 26.7 Å². The number of nitrogens with one attached hydrogen (secondary N) is 1. The first-order valence-electron chi connectivity index (χ1n) is 16.6. The molecule has 1 aliphatic heterocycles. The Hall–Kier alpha value is -6.18. The Morgan fingerprint density at radius 1 is 0.865 bits per heavy atom. The summed E-state index contributed by atoms with van der Waals surface area (Å²) in [6, 6.07) is 34.2. The van der Waals surface area contributed by atoms with E-state index < -0.39 is 35.6 Å². The number of nitrogens with zero attached hydrogens (tertiary/aromatic N) is 3. The van der Waals surface area contributed by atoms with Gasteiger partial charge in [0.25, 0.3) is 5.56 Å². The van der Waals surface area contributed by atoms with Crippen LogP contribution < -0.4 is 25.5 Å². The van der Waals surface area contributed by atoms with Crippen molar-refractivity contribution in [2.45, 2.75) is 30.5 Å². The van der Waals surface area contributed by atoms with Crippen molar-refractivity contribution < 1.29 is 33.2 Å². The highest BCUT2D eigenvalue weighted by atomic mass is 16.6. The molecule has 1 saturated heterocycles. The second-order valence-corrected chi connectivity index (χ2v) is 12.1. The molecule has 6 aromatic rings. The van der Waals surface area contributed by atoms with Crippen molar-refractivity contribution in [1.29, 1.82) is 0 Å². The van der Waals surface area contributed by atoms with E-state index >= 15 is 0 Å². The number of carbonyl (C=O) groups excluding carboxylic acids is 1. The SMILES string of the molecule is COc1ccc(C(O[C@H]2C[C@H](n3cnc4c(=O)[nH]c(N)nc43)O[C@@H]2COC(=O)COc2ccccc2)(c2ccccc2)c2ccc(OC)cc2)cc1. The molecule has 266 valence electrons. The number of nitrogen functional groups attached to an aromatic ring is 1. The molecule has 0 unspecified atom stereocenters. The average molecular weight is 704 g/mol. The minimum Gasteiger partial charge on any atom is -0.497 e. The van der Waals surface area contributed by atoms with Gasteiger partial charge in [-0.2, -0.15) is 4.98 Å². The molecule has 3 heterocycles. The third-order valence-corrected chi connectivity index (χ3v) is 8.95. The number of benzene rings is 4. The van der Waals surface area contributed by atoms with E-state index in [1.165, 1.54) is 6.33 Å². The number of ether oxygens (including phenoxy) is 6. The molecule has 0 saturated carbocycles. The second kappa shape index (κ2) is 15.0. The Balaban J connectivity index is 1.29. The van der Waals surface area contributed by atoms with Gasteiger partial charge in [-0.25, -0.2) is 9.78 Å². The minimum atomic E-state index is -1.20. The normalized spacial score (nSPS) is 17.2. The third-order valence-electron chi connectivity index (χ3n) is 8.95. The van der Waals surface area contributed by atoms with Gasteiger partial charge < -0.3 is 34.2 Å². The quantitative estimate of drug-likeness (QED) is 0.123. The summed E-state index contributed by atoms with van der Waals surface area (Å²) >= 11 is 0. The number of imidazole rings is 1. The lowest BCUT2D eigenvalue weighted by molar-refractivity contribution is -0.155. The number of carbonyl (C=O) groups is 1. The highest BCUT2D eigenvalue weighted by Crippen LogP contribution is 2.46. The Morgan fingerprint density at radius 2 is 1.46 bits per heavy atom. The van der Waals surface area contributed by atoms with Crippen LogP contribution >= 0.6 is 0 Å². The molecule has 13 nitrogen and oxygen atoms in total. The van der Waals surface area contributed by atoms with Crippen LogP contribution in [-0.4, -0.2) is 65.1 Å². The number of anilines is 1. The van der Waals surface area contributed by atoms with E-state index in [0.717, 1.165) is 16.7 Å². The van der Waals surface area contributed by atoms with E-state index in [2.05, 4.69) is 15.0 Å². The summed E-state index contributed by atoms with van der Waals surface area (Å²) in [7, 11) is 3.23.